The summed E-state index contributed by atoms with van der Waals surface area (Å²) in [5.41, 5.74) is 0. The van der Waals surface area contributed by atoms with Gasteiger partial charge in [0.05, 0.1) is 0 Å². The summed E-state index contributed by atoms with van der Waals surface area (Å²) >= 11 is 0. The van der Waals surface area contributed by atoms with Crippen LogP contribution in [0, 0.1) is 0 Å². The van der Waals surface area contributed by atoms with E-state index < -0.39 is 0 Å². The second kappa shape index (κ2) is 3.95. The largest absolute Gasteiger partial charge is 0.313 e. The van der Waals surface area contributed by atoms with Crippen LogP contribution in [0.25, 0.3) is 0 Å². The van der Waals surface area contributed by atoms with Crippen LogP contribution in [-0.2, 0) is 0 Å². The fourth-order valence-electron chi connectivity index (χ4n) is 2.50. The van der Waals surface area contributed by atoms with E-state index in [1.54, 1.807) is 0 Å². The van der Waals surface area contributed by atoms with Gasteiger partial charge in [0.25, 0.3) is 0 Å². The maximum atomic E-state index is 3.52. The molecule has 0 bridgehead atoms. The van der Waals surface area contributed by atoms with Gasteiger partial charge < -0.3 is 10.2 Å². The summed E-state index contributed by atoms with van der Waals surface area (Å²) in [5.74, 6) is 0. The molecule has 2 saturated heterocycles. The van der Waals surface area contributed by atoms with Gasteiger partial charge >= 0.3 is 0 Å². The van der Waals surface area contributed by atoms with Crippen LogP contribution >= 0.6 is 0 Å². The van der Waals surface area contributed by atoms with Gasteiger partial charge in [0.15, 0.2) is 0 Å². The predicted molar refractivity (Wildman–Crippen MR) is 54.9 cm³/mol. The molecule has 2 atom stereocenters. The highest BCUT2D eigenvalue weighted by molar-refractivity contribution is 4.89. The van der Waals surface area contributed by atoms with Crippen LogP contribution < -0.4 is 5.32 Å². The average molecular weight is 183 g/mol. The number of nitrogens with zero attached hydrogens (tertiary/aromatic N) is 2. The van der Waals surface area contributed by atoms with E-state index in [2.05, 4.69) is 29.1 Å². The van der Waals surface area contributed by atoms with Crippen LogP contribution in [0.1, 0.15) is 13.3 Å². The first-order valence-electron chi connectivity index (χ1n) is 5.43. The van der Waals surface area contributed by atoms with Gasteiger partial charge in [-0.1, -0.05) is 0 Å². The van der Waals surface area contributed by atoms with Crippen LogP contribution in [-0.4, -0.2) is 61.7 Å². The molecule has 76 valence electrons. The smallest absolute Gasteiger partial charge is 0.0259 e. The van der Waals surface area contributed by atoms with Crippen LogP contribution in [0.4, 0.5) is 0 Å². The average Bonchev–Trinajstić information content (AvgIpc) is 2.53. The van der Waals surface area contributed by atoms with Crippen LogP contribution in [0.5, 0.6) is 0 Å². The van der Waals surface area contributed by atoms with Gasteiger partial charge in [0.2, 0.25) is 0 Å². The third-order valence-corrected chi connectivity index (χ3v) is 3.49. The molecular formula is C10H21N3. The van der Waals surface area contributed by atoms with Crippen molar-refractivity contribution >= 4 is 0 Å². The van der Waals surface area contributed by atoms with Crippen molar-refractivity contribution < 1.29 is 0 Å². The van der Waals surface area contributed by atoms with Crippen molar-refractivity contribution in [2.45, 2.75) is 25.4 Å². The topological polar surface area (TPSA) is 18.5 Å². The summed E-state index contributed by atoms with van der Waals surface area (Å²) in [4.78, 5) is 5.08. The highest BCUT2D eigenvalue weighted by Crippen LogP contribution is 2.16. The van der Waals surface area contributed by atoms with E-state index in [-0.39, 0.29) is 0 Å². The quantitative estimate of drug-likeness (QED) is 0.616. The van der Waals surface area contributed by atoms with Gasteiger partial charge in [-0.05, 0) is 26.9 Å². The monoisotopic (exact) mass is 183 g/mol. The molecule has 2 rings (SSSR count). The number of likely N-dealkylation sites (N-methyl/N-ethyl adjacent to an activating group) is 1. The van der Waals surface area contributed by atoms with E-state index in [1.807, 2.05) is 0 Å². The Balaban J connectivity index is 1.86. The van der Waals surface area contributed by atoms with E-state index in [0.717, 1.165) is 6.04 Å². The molecule has 2 fully saturated rings. The number of nitrogens with one attached hydrogen (secondary N) is 1. The molecule has 0 radical (unpaired) electrons. The van der Waals surface area contributed by atoms with Gasteiger partial charge in [-0.15, -0.1) is 0 Å². The van der Waals surface area contributed by atoms with Crippen molar-refractivity contribution in [2.24, 2.45) is 0 Å². The Morgan fingerprint density at radius 1 is 1.15 bits per heavy atom. The molecular weight excluding hydrogens is 162 g/mol. The van der Waals surface area contributed by atoms with E-state index in [1.165, 1.54) is 39.1 Å². The highest BCUT2D eigenvalue weighted by atomic mass is 15.3. The number of hydrogen-bond acceptors (Lipinski definition) is 3. The summed E-state index contributed by atoms with van der Waals surface area (Å²) in [5, 5.41) is 3.52. The van der Waals surface area contributed by atoms with Gasteiger partial charge in [-0.25, -0.2) is 0 Å². The second-order valence-corrected chi connectivity index (χ2v) is 4.44. The van der Waals surface area contributed by atoms with Crippen LogP contribution in [0.2, 0.25) is 0 Å². The molecule has 0 aromatic heterocycles. The third kappa shape index (κ3) is 2.03. The van der Waals surface area contributed by atoms with E-state index in [4.69, 9.17) is 0 Å². The van der Waals surface area contributed by atoms with Crippen molar-refractivity contribution in [3.05, 3.63) is 0 Å². The molecule has 2 aliphatic rings. The summed E-state index contributed by atoms with van der Waals surface area (Å²) in [7, 11) is 2.22. The first kappa shape index (κ1) is 9.44. The Morgan fingerprint density at radius 2 is 1.85 bits per heavy atom. The zero-order valence-electron chi connectivity index (χ0n) is 8.79. The van der Waals surface area contributed by atoms with Gasteiger partial charge in [0.1, 0.15) is 0 Å². The van der Waals surface area contributed by atoms with Gasteiger partial charge in [-0.2, -0.15) is 0 Å². The lowest BCUT2D eigenvalue weighted by Gasteiger charge is -2.37. The maximum Gasteiger partial charge on any atom is 0.0259 e. The highest BCUT2D eigenvalue weighted by Gasteiger charge is 2.29. The fourth-order valence-corrected chi connectivity index (χ4v) is 2.50. The van der Waals surface area contributed by atoms with Crippen molar-refractivity contribution in [3.8, 4) is 0 Å². The second-order valence-electron chi connectivity index (χ2n) is 4.44. The summed E-state index contributed by atoms with van der Waals surface area (Å²) in [6.45, 7) is 8.51. The minimum absolute atomic E-state index is 0.698. The van der Waals surface area contributed by atoms with Crippen LogP contribution in [0.15, 0.2) is 0 Å². The summed E-state index contributed by atoms with van der Waals surface area (Å²) in [6, 6.07) is 1.50. The van der Waals surface area contributed by atoms with Gasteiger partial charge in [-0.3, -0.25) is 4.90 Å². The van der Waals surface area contributed by atoms with Crippen molar-refractivity contribution in [2.75, 3.05) is 39.8 Å². The molecule has 2 heterocycles. The van der Waals surface area contributed by atoms with E-state index >= 15 is 0 Å². The van der Waals surface area contributed by atoms with Crippen molar-refractivity contribution in [1.29, 1.82) is 0 Å². The lowest BCUT2D eigenvalue weighted by molar-refractivity contribution is 0.107. The molecule has 0 amide bonds. The molecule has 3 nitrogen and oxygen atoms in total. The predicted octanol–water partition coefficient (Wildman–Crippen LogP) is -0.0158. The molecule has 0 saturated carbocycles. The number of hydrogen-bond donors (Lipinski definition) is 1. The summed E-state index contributed by atoms with van der Waals surface area (Å²) in [6.07, 6.45) is 1.34. The minimum Gasteiger partial charge on any atom is -0.313 e. The van der Waals surface area contributed by atoms with Crippen molar-refractivity contribution in [3.63, 3.8) is 0 Å². The normalized spacial score (nSPS) is 38.3. The Hall–Kier alpha value is -0.120. The van der Waals surface area contributed by atoms with Crippen molar-refractivity contribution in [1.82, 2.24) is 15.1 Å². The molecule has 0 spiro atoms. The molecule has 0 aromatic carbocycles. The third-order valence-electron chi connectivity index (χ3n) is 3.49. The Morgan fingerprint density at radius 3 is 2.38 bits per heavy atom. The fraction of sp³-hybridized carbons (Fsp3) is 1.00. The zero-order valence-corrected chi connectivity index (χ0v) is 8.79. The lowest BCUT2D eigenvalue weighted by atomic mass is 10.1. The number of piperazine rings is 1. The van der Waals surface area contributed by atoms with Gasteiger partial charge in [0, 0.05) is 38.3 Å². The minimum atomic E-state index is 0.698. The van der Waals surface area contributed by atoms with E-state index in [9.17, 15) is 0 Å². The molecule has 13 heavy (non-hydrogen) atoms. The molecule has 0 aromatic rings. The van der Waals surface area contributed by atoms with E-state index in [0.29, 0.717) is 6.04 Å². The molecule has 3 heteroatoms. The standard InChI is InChI=1S/C10H21N3/c1-9-10(3-4-11-9)13-7-5-12(2)6-8-13/h9-11H,3-8H2,1-2H3/t9-,10+/m0/s1. The summed E-state index contributed by atoms with van der Waals surface area (Å²) < 4.78 is 0. The number of rotatable bonds is 1. The Labute approximate surface area is 81.1 Å². The molecule has 0 aliphatic carbocycles. The zero-order chi connectivity index (χ0) is 9.26. The molecule has 1 N–H and O–H groups in total. The van der Waals surface area contributed by atoms with Crippen LogP contribution in [0.3, 0.4) is 0 Å². The first-order valence-corrected chi connectivity index (χ1v) is 5.43. The first-order chi connectivity index (χ1) is 6.27. The molecule has 0 unspecified atom stereocenters. The SMILES string of the molecule is C[C@@H]1NCC[C@H]1N1CCN(C)CC1. The molecule has 2 aliphatic heterocycles. The Bertz CT molecular complexity index is 164. The maximum absolute atomic E-state index is 3.52. The lowest BCUT2D eigenvalue weighted by Crippen LogP contribution is -2.51. The Kier molecular flexibility index (Phi) is 2.86.